The van der Waals surface area contributed by atoms with Crippen LogP contribution in [0.1, 0.15) is 59.3 Å². The molecule has 0 saturated carbocycles. The second-order valence-electron chi connectivity index (χ2n) is 12.6. The standard InChI is InChI=1S/C31H53N11O12/c1-4-15(2)24(30(54)38-16(3)25(49)37-13-23(47)48)42-28(52)19(11-22(45)46)41-29(53)20(14-43)39-21(44)12-36-26(50)18(8-6-10-35-31(32)33)40-27(51)17-7-5-9-34-17/h15-20,24,34,43H,4-14H2,1-3H3,(H,36,50)(H,37,49)(H,38,54)(H,39,44)(H,40,51)(H,41,53)(H,42,52)(H,45,46)(H,47,48)(H4,32,33,35)/t15-,16-,17-,18-,19-,20-,24-/m0/s1. The van der Waals surface area contributed by atoms with E-state index in [1.165, 1.54) is 6.92 Å². The van der Waals surface area contributed by atoms with E-state index in [9.17, 15) is 53.4 Å². The minimum atomic E-state index is -1.81. The van der Waals surface area contributed by atoms with Crippen molar-refractivity contribution in [3.05, 3.63) is 0 Å². The highest BCUT2D eigenvalue weighted by Crippen LogP contribution is 2.10. The molecule has 0 aromatic heterocycles. The van der Waals surface area contributed by atoms with Crippen molar-refractivity contribution in [2.45, 2.75) is 95.5 Å². The molecule has 0 spiro atoms. The molecule has 1 aliphatic heterocycles. The maximum atomic E-state index is 13.2. The number of nitrogens with two attached hydrogens (primary N) is 2. The van der Waals surface area contributed by atoms with E-state index in [1.807, 2.05) is 0 Å². The van der Waals surface area contributed by atoms with Gasteiger partial charge in [-0.25, -0.2) is 0 Å². The summed E-state index contributed by atoms with van der Waals surface area (Å²) in [6, 6.07) is -7.66. The van der Waals surface area contributed by atoms with Crippen molar-refractivity contribution < 1.29 is 58.5 Å². The summed E-state index contributed by atoms with van der Waals surface area (Å²) in [6.45, 7) is 2.92. The van der Waals surface area contributed by atoms with Gasteiger partial charge in [0, 0.05) is 6.54 Å². The molecule has 23 heteroatoms. The van der Waals surface area contributed by atoms with Gasteiger partial charge in [-0.05, 0) is 45.1 Å². The molecule has 0 unspecified atom stereocenters. The Kier molecular flexibility index (Phi) is 20.5. The van der Waals surface area contributed by atoms with Crippen molar-refractivity contribution in [1.82, 2.24) is 42.5 Å². The highest BCUT2D eigenvalue weighted by atomic mass is 16.4. The van der Waals surface area contributed by atoms with E-state index in [-0.39, 0.29) is 18.9 Å². The smallest absolute Gasteiger partial charge is 0.322 e. The lowest BCUT2D eigenvalue weighted by Gasteiger charge is -2.27. The van der Waals surface area contributed by atoms with Gasteiger partial charge >= 0.3 is 11.9 Å². The van der Waals surface area contributed by atoms with Crippen LogP contribution < -0.4 is 54.0 Å². The molecule has 0 aliphatic carbocycles. The van der Waals surface area contributed by atoms with Crippen LogP contribution in [0.4, 0.5) is 0 Å². The van der Waals surface area contributed by atoms with E-state index in [0.717, 1.165) is 6.42 Å². The number of rotatable bonds is 24. The number of nitrogens with one attached hydrogen (secondary N) is 8. The summed E-state index contributed by atoms with van der Waals surface area (Å²) in [5.74, 6) is -9.67. The van der Waals surface area contributed by atoms with E-state index in [4.69, 9.17) is 16.6 Å². The Labute approximate surface area is 310 Å². The quantitative estimate of drug-likeness (QED) is 0.0247. The van der Waals surface area contributed by atoms with Gasteiger partial charge in [0.15, 0.2) is 5.96 Å². The molecular formula is C31H53N11O12. The summed E-state index contributed by atoms with van der Waals surface area (Å²) in [5, 5.41) is 47.1. The van der Waals surface area contributed by atoms with E-state index >= 15 is 0 Å². The molecule has 23 nitrogen and oxygen atoms in total. The highest BCUT2D eigenvalue weighted by molar-refractivity contribution is 5.97. The number of hydrogen-bond acceptors (Lipinski definition) is 12. The number of amides is 7. The molecule has 7 atom stereocenters. The zero-order valence-corrected chi connectivity index (χ0v) is 30.4. The number of carboxylic acids is 2. The normalized spacial score (nSPS) is 16.8. The minimum Gasteiger partial charge on any atom is -0.481 e. The molecule has 0 bridgehead atoms. The van der Waals surface area contributed by atoms with Gasteiger partial charge in [0.25, 0.3) is 0 Å². The minimum absolute atomic E-state index is 0.109. The number of hydrogen-bond donors (Lipinski definition) is 13. The fraction of sp³-hybridized carbons (Fsp3) is 0.677. The molecule has 1 heterocycles. The number of carboxylic acid groups (broad SMARTS) is 2. The molecule has 304 valence electrons. The van der Waals surface area contributed by atoms with E-state index in [2.05, 4.69) is 47.5 Å². The van der Waals surface area contributed by atoms with Gasteiger partial charge in [0.2, 0.25) is 41.4 Å². The van der Waals surface area contributed by atoms with Crippen LogP contribution in [0.5, 0.6) is 0 Å². The molecule has 7 amide bonds. The van der Waals surface area contributed by atoms with Crippen LogP contribution in [0.3, 0.4) is 0 Å². The fourth-order valence-electron chi connectivity index (χ4n) is 4.98. The number of aliphatic carboxylic acids is 2. The number of nitrogens with zero attached hydrogens (tertiary/aromatic N) is 1. The molecule has 1 fully saturated rings. The third-order valence-electron chi connectivity index (χ3n) is 8.18. The maximum Gasteiger partial charge on any atom is 0.322 e. The summed E-state index contributed by atoms with van der Waals surface area (Å²) in [5.41, 5.74) is 10.7. The molecule has 0 radical (unpaired) electrons. The molecular weight excluding hydrogens is 718 g/mol. The van der Waals surface area contributed by atoms with Gasteiger partial charge in [0.1, 0.15) is 36.8 Å². The summed E-state index contributed by atoms with van der Waals surface area (Å²) in [4.78, 5) is 116. The first kappa shape index (κ1) is 46.4. The second-order valence-corrected chi connectivity index (χ2v) is 12.6. The van der Waals surface area contributed by atoms with E-state index in [0.29, 0.717) is 25.8 Å². The zero-order chi connectivity index (χ0) is 41.0. The van der Waals surface area contributed by atoms with Crippen molar-refractivity contribution in [2.24, 2.45) is 22.4 Å². The predicted molar refractivity (Wildman–Crippen MR) is 189 cm³/mol. The molecule has 1 saturated heterocycles. The zero-order valence-electron chi connectivity index (χ0n) is 30.4. The Morgan fingerprint density at radius 3 is 1.98 bits per heavy atom. The average Bonchev–Trinajstić information content (AvgIpc) is 3.66. The summed E-state index contributed by atoms with van der Waals surface area (Å²) >= 11 is 0. The van der Waals surface area contributed by atoms with Crippen LogP contribution in [-0.4, -0.2) is 144 Å². The van der Waals surface area contributed by atoms with E-state index in [1.54, 1.807) is 13.8 Å². The molecule has 54 heavy (non-hydrogen) atoms. The van der Waals surface area contributed by atoms with E-state index < -0.39 is 122 Å². The first-order valence-electron chi connectivity index (χ1n) is 17.3. The average molecular weight is 772 g/mol. The number of carbonyl (C=O) groups excluding carboxylic acids is 7. The number of guanidine groups is 1. The monoisotopic (exact) mass is 771 g/mol. The van der Waals surface area contributed by atoms with Crippen molar-refractivity contribution in [3.8, 4) is 0 Å². The molecule has 1 aliphatic rings. The Morgan fingerprint density at radius 2 is 1.43 bits per heavy atom. The summed E-state index contributed by atoms with van der Waals surface area (Å²) in [7, 11) is 0. The highest BCUT2D eigenvalue weighted by Gasteiger charge is 2.34. The Bertz CT molecular complexity index is 1390. The first-order valence-corrected chi connectivity index (χ1v) is 17.3. The number of carbonyl (C=O) groups is 9. The lowest BCUT2D eigenvalue weighted by atomic mass is 9.97. The molecule has 0 aromatic rings. The van der Waals surface area contributed by atoms with Crippen molar-refractivity contribution >= 4 is 59.2 Å². The van der Waals surface area contributed by atoms with Crippen molar-refractivity contribution in [1.29, 1.82) is 0 Å². The van der Waals surface area contributed by atoms with Crippen LogP contribution in [0.2, 0.25) is 0 Å². The van der Waals surface area contributed by atoms with Gasteiger partial charge < -0.3 is 69.3 Å². The fourth-order valence-corrected chi connectivity index (χ4v) is 4.98. The van der Waals surface area contributed by atoms with Crippen molar-refractivity contribution in [2.75, 3.05) is 32.8 Å². The Balaban J connectivity index is 2.94. The van der Waals surface area contributed by atoms with Crippen LogP contribution in [-0.2, 0) is 43.2 Å². The van der Waals surface area contributed by atoms with Gasteiger partial charge in [-0.2, -0.15) is 0 Å². The lowest BCUT2D eigenvalue weighted by molar-refractivity contribution is -0.142. The van der Waals surface area contributed by atoms with Crippen molar-refractivity contribution in [3.63, 3.8) is 0 Å². The van der Waals surface area contributed by atoms with Crippen LogP contribution in [0.25, 0.3) is 0 Å². The predicted octanol–water partition coefficient (Wildman–Crippen LogP) is -5.93. The van der Waals surface area contributed by atoms with Gasteiger partial charge in [-0.1, -0.05) is 20.3 Å². The SMILES string of the molecule is CC[C@H](C)[C@H](NC(=O)[C@H](CC(=O)O)NC(=O)[C@H](CO)NC(=O)CNC(=O)[C@H](CCCN=C(N)N)NC(=O)[C@@H]1CCCN1)C(=O)N[C@@H](C)C(=O)NCC(=O)O. The lowest BCUT2D eigenvalue weighted by Crippen LogP contribution is -2.60. The van der Waals surface area contributed by atoms with Gasteiger partial charge in [-0.15, -0.1) is 0 Å². The summed E-state index contributed by atoms with van der Waals surface area (Å²) in [6.07, 6.45) is 1.10. The largest absolute Gasteiger partial charge is 0.481 e. The molecule has 1 rings (SSSR count). The third-order valence-corrected chi connectivity index (χ3v) is 8.18. The van der Waals surface area contributed by atoms with Crippen LogP contribution >= 0.6 is 0 Å². The second kappa shape index (κ2) is 23.9. The number of aliphatic hydroxyl groups excluding tert-OH is 1. The molecule has 15 N–H and O–H groups in total. The van der Waals surface area contributed by atoms with Crippen LogP contribution in [0.15, 0.2) is 4.99 Å². The summed E-state index contributed by atoms with van der Waals surface area (Å²) < 4.78 is 0. The number of aliphatic hydroxyl groups is 1. The first-order chi connectivity index (χ1) is 25.4. The number of aliphatic imine (C=N–C) groups is 1. The Hall–Kier alpha value is -5.58. The topological polar surface area (TPSA) is 375 Å². The Morgan fingerprint density at radius 1 is 0.778 bits per heavy atom. The molecule has 0 aromatic carbocycles. The van der Waals surface area contributed by atoms with Crippen LogP contribution in [0, 0.1) is 5.92 Å². The maximum absolute atomic E-state index is 13.2. The third kappa shape index (κ3) is 17.3. The van der Waals surface area contributed by atoms with Gasteiger partial charge in [-0.3, -0.25) is 48.1 Å². The van der Waals surface area contributed by atoms with Gasteiger partial charge in [0.05, 0.1) is 25.6 Å².